The van der Waals surface area contributed by atoms with Gasteiger partial charge in [0.15, 0.2) is 0 Å². The van der Waals surface area contributed by atoms with E-state index >= 15 is 0 Å². The molecule has 0 aromatic carbocycles. The van der Waals surface area contributed by atoms with Gasteiger partial charge in [-0.25, -0.2) is 0 Å². The molecule has 94 valence electrons. The molecule has 3 nitrogen and oxygen atoms in total. The molecule has 0 aromatic rings. The molecule has 1 aliphatic carbocycles. The molecule has 2 aliphatic rings. The lowest BCUT2D eigenvalue weighted by molar-refractivity contribution is -0.122. The smallest absolute Gasteiger partial charge is 0.221 e. The monoisotopic (exact) mass is 264 g/mol. The summed E-state index contributed by atoms with van der Waals surface area (Å²) in [7, 11) is 0. The summed E-state index contributed by atoms with van der Waals surface area (Å²) >= 11 is 1.94. The fourth-order valence-electron chi connectivity index (χ4n) is 2.00. The van der Waals surface area contributed by atoms with Crippen molar-refractivity contribution in [2.45, 2.75) is 38.3 Å². The topological polar surface area (TPSA) is 41.1 Å². The fourth-order valence-corrected chi connectivity index (χ4v) is 2.95. The number of hydrogen-bond acceptors (Lipinski definition) is 3. The van der Waals surface area contributed by atoms with Crippen LogP contribution in [-0.2, 0) is 4.79 Å². The Morgan fingerprint density at radius 3 is 2.88 bits per heavy atom. The van der Waals surface area contributed by atoms with Gasteiger partial charge in [-0.1, -0.05) is 0 Å². The van der Waals surface area contributed by atoms with E-state index in [9.17, 15) is 4.79 Å². The third-order valence-corrected chi connectivity index (χ3v) is 4.28. The van der Waals surface area contributed by atoms with Crippen molar-refractivity contribution >= 4 is 30.1 Å². The van der Waals surface area contributed by atoms with Crippen LogP contribution in [0.1, 0.15) is 26.2 Å². The standard InChI is InChI=1S/C11H20N2OS.ClH/c1-8(9-2-3-9)13-11(14)6-10-7-15-5-4-12-10;/h8-10,12H,2-7H2,1H3,(H,13,14);1H. The van der Waals surface area contributed by atoms with Crippen LogP contribution in [-0.4, -0.2) is 36.0 Å². The summed E-state index contributed by atoms with van der Waals surface area (Å²) in [4.78, 5) is 11.7. The highest BCUT2D eigenvalue weighted by atomic mass is 35.5. The van der Waals surface area contributed by atoms with Crippen molar-refractivity contribution < 1.29 is 4.79 Å². The molecule has 5 heteroatoms. The minimum atomic E-state index is 0. The van der Waals surface area contributed by atoms with Crippen LogP contribution in [0.15, 0.2) is 0 Å². The van der Waals surface area contributed by atoms with Crippen LogP contribution in [0.3, 0.4) is 0 Å². The van der Waals surface area contributed by atoms with Gasteiger partial charge >= 0.3 is 0 Å². The van der Waals surface area contributed by atoms with Gasteiger partial charge in [0.05, 0.1) is 0 Å². The molecule has 2 N–H and O–H groups in total. The third kappa shape index (κ3) is 4.52. The van der Waals surface area contributed by atoms with Gasteiger partial charge in [-0.15, -0.1) is 12.4 Å². The second-order valence-corrected chi connectivity index (χ2v) is 5.77. The molecule has 0 radical (unpaired) electrons. The Morgan fingerprint density at radius 1 is 1.56 bits per heavy atom. The fraction of sp³-hybridized carbons (Fsp3) is 0.909. The molecule has 16 heavy (non-hydrogen) atoms. The minimum absolute atomic E-state index is 0. The minimum Gasteiger partial charge on any atom is -0.353 e. The van der Waals surface area contributed by atoms with Crippen molar-refractivity contribution in [3.8, 4) is 0 Å². The number of nitrogens with one attached hydrogen (secondary N) is 2. The number of carbonyl (C=O) groups excluding carboxylic acids is 1. The molecule has 0 spiro atoms. The van der Waals surface area contributed by atoms with E-state index in [1.165, 1.54) is 18.6 Å². The second kappa shape index (κ2) is 6.72. The predicted octanol–water partition coefficient (Wildman–Crippen LogP) is 1.42. The van der Waals surface area contributed by atoms with E-state index in [1.807, 2.05) is 11.8 Å². The van der Waals surface area contributed by atoms with Crippen LogP contribution < -0.4 is 10.6 Å². The zero-order valence-electron chi connectivity index (χ0n) is 9.70. The summed E-state index contributed by atoms with van der Waals surface area (Å²) in [6, 6.07) is 0.767. The van der Waals surface area contributed by atoms with E-state index in [1.54, 1.807) is 0 Å². The Morgan fingerprint density at radius 2 is 2.31 bits per heavy atom. The zero-order chi connectivity index (χ0) is 10.7. The van der Waals surface area contributed by atoms with Crippen molar-refractivity contribution in [3.05, 3.63) is 0 Å². The molecular weight excluding hydrogens is 244 g/mol. The van der Waals surface area contributed by atoms with E-state index in [4.69, 9.17) is 0 Å². The molecule has 1 heterocycles. The molecule has 0 aromatic heterocycles. The van der Waals surface area contributed by atoms with Crippen LogP contribution in [0.2, 0.25) is 0 Å². The largest absolute Gasteiger partial charge is 0.353 e. The number of hydrogen-bond donors (Lipinski definition) is 2. The van der Waals surface area contributed by atoms with Gasteiger partial charge in [0.25, 0.3) is 0 Å². The highest BCUT2D eigenvalue weighted by molar-refractivity contribution is 7.99. The molecule has 2 unspecified atom stereocenters. The highest BCUT2D eigenvalue weighted by Crippen LogP contribution is 2.32. The van der Waals surface area contributed by atoms with Gasteiger partial charge in [0.2, 0.25) is 5.91 Å². The van der Waals surface area contributed by atoms with Crippen LogP contribution >= 0.6 is 24.2 Å². The Balaban J connectivity index is 0.00000128. The Labute approximate surface area is 108 Å². The first-order chi connectivity index (χ1) is 7.25. The van der Waals surface area contributed by atoms with Crippen LogP contribution in [0.25, 0.3) is 0 Å². The molecule has 1 amide bonds. The lowest BCUT2D eigenvalue weighted by Crippen LogP contribution is -2.43. The third-order valence-electron chi connectivity index (χ3n) is 3.15. The Bertz CT molecular complexity index is 230. The Kier molecular flexibility index (Phi) is 5.94. The predicted molar refractivity (Wildman–Crippen MR) is 71.3 cm³/mol. The molecule has 1 saturated heterocycles. The molecule has 2 atom stereocenters. The first-order valence-corrected chi connectivity index (χ1v) is 7.01. The average molecular weight is 265 g/mol. The molecule has 2 rings (SSSR count). The van der Waals surface area contributed by atoms with Crippen LogP contribution in [0.5, 0.6) is 0 Å². The lowest BCUT2D eigenvalue weighted by Gasteiger charge is -2.23. The maximum atomic E-state index is 11.7. The van der Waals surface area contributed by atoms with Crippen molar-refractivity contribution in [2.24, 2.45) is 5.92 Å². The van der Waals surface area contributed by atoms with E-state index < -0.39 is 0 Å². The molecule has 1 aliphatic heterocycles. The molecule has 1 saturated carbocycles. The van der Waals surface area contributed by atoms with Gasteiger partial charge in [-0.2, -0.15) is 11.8 Å². The van der Waals surface area contributed by atoms with Crippen molar-refractivity contribution in [2.75, 3.05) is 18.1 Å². The van der Waals surface area contributed by atoms with Gasteiger partial charge < -0.3 is 10.6 Å². The van der Waals surface area contributed by atoms with Crippen LogP contribution in [0.4, 0.5) is 0 Å². The summed E-state index contributed by atoms with van der Waals surface area (Å²) in [5, 5.41) is 6.49. The lowest BCUT2D eigenvalue weighted by atomic mass is 10.2. The first-order valence-electron chi connectivity index (χ1n) is 5.86. The summed E-state index contributed by atoms with van der Waals surface area (Å²) in [6.07, 6.45) is 3.22. The van der Waals surface area contributed by atoms with Gasteiger partial charge in [-0.05, 0) is 25.7 Å². The zero-order valence-corrected chi connectivity index (χ0v) is 11.3. The average Bonchev–Trinajstić information content (AvgIpc) is 3.01. The number of halogens is 1. The summed E-state index contributed by atoms with van der Waals surface area (Å²) in [6.45, 7) is 3.17. The molecule has 2 fully saturated rings. The maximum absolute atomic E-state index is 11.7. The number of rotatable bonds is 4. The highest BCUT2D eigenvalue weighted by Gasteiger charge is 2.29. The van der Waals surface area contributed by atoms with Gasteiger partial charge in [0.1, 0.15) is 0 Å². The normalized spacial score (nSPS) is 26.7. The molecular formula is C11H21ClN2OS. The van der Waals surface area contributed by atoms with E-state index in [-0.39, 0.29) is 18.3 Å². The number of amides is 1. The van der Waals surface area contributed by atoms with Crippen molar-refractivity contribution in [3.63, 3.8) is 0 Å². The second-order valence-electron chi connectivity index (χ2n) is 4.62. The summed E-state index contributed by atoms with van der Waals surface area (Å²) in [5.74, 6) is 3.22. The van der Waals surface area contributed by atoms with Gasteiger partial charge in [-0.3, -0.25) is 4.79 Å². The van der Waals surface area contributed by atoms with E-state index in [0.717, 1.165) is 18.2 Å². The van der Waals surface area contributed by atoms with Crippen molar-refractivity contribution in [1.29, 1.82) is 0 Å². The summed E-state index contributed by atoms with van der Waals surface area (Å²) in [5.41, 5.74) is 0. The molecule has 0 bridgehead atoms. The van der Waals surface area contributed by atoms with E-state index in [0.29, 0.717) is 18.5 Å². The summed E-state index contributed by atoms with van der Waals surface area (Å²) < 4.78 is 0. The first kappa shape index (κ1) is 14.1. The van der Waals surface area contributed by atoms with Crippen LogP contribution in [0, 0.1) is 5.92 Å². The maximum Gasteiger partial charge on any atom is 0.221 e. The van der Waals surface area contributed by atoms with Gasteiger partial charge in [0, 0.05) is 36.6 Å². The number of carbonyl (C=O) groups is 1. The van der Waals surface area contributed by atoms with Crippen molar-refractivity contribution in [1.82, 2.24) is 10.6 Å². The Hall–Kier alpha value is 0.0700. The SMILES string of the molecule is CC(NC(=O)CC1CSCCN1)C1CC1.Cl. The van der Waals surface area contributed by atoms with E-state index in [2.05, 4.69) is 17.6 Å². The quantitative estimate of drug-likeness (QED) is 0.807. The number of thioether (sulfide) groups is 1.